The van der Waals surface area contributed by atoms with Crippen LogP contribution in [0, 0.1) is 12.3 Å². The Morgan fingerprint density at radius 3 is 2.43 bits per heavy atom. The number of fused-ring (bicyclic) bond motifs is 1. The number of rotatable bonds is 6. The molecular weight excluding hydrogens is 477 g/mol. The van der Waals surface area contributed by atoms with E-state index in [1.54, 1.807) is 30.5 Å². The molecule has 0 bridgehead atoms. The standard InChI is InChI=1S/C29H33F3N4O/c1-8-18(2)10-9-11-22(20(4)29(30,31)32)23-14-15-26-33-25(17-36(26)35-23)21-13-12-19(3)24(16-21)34-27(37)28(5,6)7/h9-17H,8H2,1-7H3,(H,34,37). The third kappa shape index (κ3) is 6.76. The summed E-state index contributed by atoms with van der Waals surface area (Å²) < 4.78 is 42.4. The monoisotopic (exact) mass is 510 g/mol. The van der Waals surface area contributed by atoms with E-state index in [0.29, 0.717) is 17.0 Å². The fraction of sp³-hybridized carbons (Fsp3) is 0.345. The first-order chi connectivity index (χ1) is 17.2. The fourth-order valence-corrected chi connectivity index (χ4v) is 3.37. The molecule has 2 aromatic heterocycles. The Morgan fingerprint density at radius 2 is 1.81 bits per heavy atom. The highest BCUT2D eigenvalue weighted by molar-refractivity contribution is 5.95. The predicted molar refractivity (Wildman–Crippen MR) is 143 cm³/mol. The summed E-state index contributed by atoms with van der Waals surface area (Å²) in [5.74, 6) is -0.106. The number of aromatic nitrogens is 3. The second-order valence-corrected chi connectivity index (χ2v) is 10.1. The molecule has 0 radical (unpaired) electrons. The van der Waals surface area contributed by atoms with Crippen LogP contribution in [-0.2, 0) is 4.79 Å². The van der Waals surface area contributed by atoms with Crippen molar-refractivity contribution >= 4 is 22.8 Å². The Bertz CT molecular complexity index is 1400. The Balaban J connectivity index is 2.04. The van der Waals surface area contributed by atoms with Crippen molar-refractivity contribution in [3.05, 3.63) is 77.2 Å². The predicted octanol–water partition coefficient (Wildman–Crippen LogP) is 7.94. The van der Waals surface area contributed by atoms with Crippen LogP contribution in [-0.4, -0.2) is 26.7 Å². The molecule has 1 N–H and O–H groups in total. The number of anilines is 1. The van der Waals surface area contributed by atoms with Crippen molar-refractivity contribution < 1.29 is 18.0 Å². The van der Waals surface area contributed by atoms with Crippen LogP contribution in [0.2, 0.25) is 0 Å². The van der Waals surface area contributed by atoms with Gasteiger partial charge >= 0.3 is 6.18 Å². The molecule has 37 heavy (non-hydrogen) atoms. The van der Waals surface area contributed by atoms with E-state index >= 15 is 0 Å². The van der Waals surface area contributed by atoms with E-state index in [0.717, 1.165) is 30.0 Å². The molecule has 3 aromatic rings. The fourth-order valence-electron chi connectivity index (χ4n) is 3.37. The number of alkyl halides is 3. The number of hydrogen-bond acceptors (Lipinski definition) is 3. The van der Waals surface area contributed by atoms with E-state index in [4.69, 9.17) is 0 Å². The number of allylic oxidation sites excluding steroid dienone is 6. The van der Waals surface area contributed by atoms with Gasteiger partial charge in [-0.3, -0.25) is 4.79 Å². The lowest BCUT2D eigenvalue weighted by molar-refractivity contribution is -0.123. The lowest BCUT2D eigenvalue weighted by atomic mass is 9.95. The summed E-state index contributed by atoms with van der Waals surface area (Å²) in [5.41, 5.74) is 3.38. The normalized spacial score (nSPS) is 13.8. The maximum Gasteiger partial charge on any atom is 0.413 e. The Hall–Kier alpha value is -3.68. The molecule has 3 rings (SSSR count). The van der Waals surface area contributed by atoms with Gasteiger partial charge in [-0.2, -0.15) is 18.3 Å². The van der Waals surface area contributed by atoms with Crippen molar-refractivity contribution in [1.82, 2.24) is 14.6 Å². The number of nitrogens with one attached hydrogen (secondary N) is 1. The van der Waals surface area contributed by atoms with Gasteiger partial charge in [-0.1, -0.05) is 63.6 Å². The van der Waals surface area contributed by atoms with Crippen LogP contribution in [0.4, 0.5) is 18.9 Å². The molecule has 0 atom stereocenters. The second kappa shape index (κ2) is 10.7. The molecule has 0 unspecified atom stereocenters. The third-order valence-corrected chi connectivity index (χ3v) is 6.09. The van der Waals surface area contributed by atoms with Crippen LogP contribution in [0.25, 0.3) is 22.5 Å². The van der Waals surface area contributed by atoms with Crippen LogP contribution in [0.3, 0.4) is 0 Å². The first kappa shape index (κ1) is 27.9. The molecule has 5 nitrogen and oxygen atoms in total. The number of amides is 1. The highest BCUT2D eigenvalue weighted by atomic mass is 19.4. The minimum absolute atomic E-state index is 0.00711. The van der Waals surface area contributed by atoms with Crippen LogP contribution in [0.5, 0.6) is 0 Å². The highest BCUT2D eigenvalue weighted by Crippen LogP contribution is 2.33. The average molecular weight is 511 g/mol. The van der Waals surface area contributed by atoms with Gasteiger partial charge in [0.15, 0.2) is 5.65 Å². The number of benzene rings is 1. The van der Waals surface area contributed by atoms with Gasteiger partial charge in [-0.25, -0.2) is 9.50 Å². The van der Waals surface area contributed by atoms with Gasteiger partial charge < -0.3 is 5.32 Å². The SMILES string of the molecule is CCC(C)=CC=CC(=C(C)C(F)(F)F)c1ccc2nc(-c3ccc(C)c(NC(=O)C(C)(C)C)c3)cn2n1. The minimum Gasteiger partial charge on any atom is -0.325 e. The molecule has 8 heteroatoms. The summed E-state index contributed by atoms with van der Waals surface area (Å²) in [6, 6.07) is 8.80. The number of nitrogens with zero attached hydrogens (tertiary/aromatic N) is 3. The first-order valence-electron chi connectivity index (χ1n) is 12.1. The quantitative estimate of drug-likeness (QED) is 0.343. The van der Waals surface area contributed by atoms with Crippen molar-refractivity contribution in [3.63, 3.8) is 0 Å². The van der Waals surface area contributed by atoms with Crippen LogP contribution >= 0.6 is 0 Å². The zero-order valence-corrected chi connectivity index (χ0v) is 22.3. The number of halogens is 3. The number of imidazole rings is 1. The lowest BCUT2D eigenvalue weighted by Gasteiger charge is -2.19. The summed E-state index contributed by atoms with van der Waals surface area (Å²) in [7, 11) is 0. The van der Waals surface area contributed by atoms with Gasteiger partial charge in [-0.15, -0.1) is 0 Å². The van der Waals surface area contributed by atoms with Gasteiger partial charge in [0.2, 0.25) is 5.91 Å². The Labute approximate surface area is 215 Å². The van der Waals surface area contributed by atoms with Gasteiger partial charge in [0, 0.05) is 27.8 Å². The van der Waals surface area contributed by atoms with Crippen molar-refractivity contribution in [2.24, 2.45) is 5.41 Å². The summed E-state index contributed by atoms with van der Waals surface area (Å²) in [6.45, 7) is 12.4. The van der Waals surface area contributed by atoms with Gasteiger partial charge in [0.25, 0.3) is 0 Å². The molecule has 1 amide bonds. The van der Waals surface area contributed by atoms with Crippen molar-refractivity contribution in [3.8, 4) is 11.3 Å². The van der Waals surface area contributed by atoms with Gasteiger partial charge in [0.1, 0.15) is 0 Å². The van der Waals surface area contributed by atoms with Gasteiger partial charge in [-0.05, 0) is 51.0 Å². The molecule has 0 saturated heterocycles. The van der Waals surface area contributed by atoms with E-state index in [1.807, 2.05) is 59.7 Å². The minimum atomic E-state index is -4.49. The zero-order chi connectivity index (χ0) is 27.5. The molecular formula is C29H33F3N4O. The molecule has 1 aromatic carbocycles. The van der Waals surface area contributed by atoms with Crippen molar-refractivity contribution in [2.45, 2.75) is 61.1 Å². The highest BCUT2D eigenvalue weighted by Gasteiger charge is 2.33. The van der Waals surface area contributed by atoms with E-state index in [2.05, 4.69) is 15.4 Å². The molecule has 0 fully saturated rings. The van der Waals surface area contributed by atoms with E-state index in [1.165, 1.54) is 10.6 Å². The van der Waals surface area contributed by atoms with Crippen molar-refractivity contribution in [2.75, 3.05) is 5.32 Å². The molecule has 0 spiro atoms. The maximum absolute atomic E-state index is 13.6. The molecule has 0 aliphatic heterocycles. The summed E-state index contributed by atoms with van der Waals surface area (Å²) >= 11 is 0. The van der Waals surface area contributed by atoms with E-state index < -0.39 is 17.2 Å². The van der Waals surface area contributed by atoms with Crippen LogP contribution in [0.1, 0.15) is 59.2 Å². The van der Waals surface area contributed by atoms with Gasteiger partial charge in [0.05, 0.1) is 17.6 Å². The van der Waals surface area contributed by atoms with Crippen LogP contribution in [0.15, 0.2) is 65.9 Å². The largest absolute Gasteiger partial charge is 0.413 e. The molecule has 0 aliphatic rings. The Morgan fingerprint density at radius 1 is 1.11 bits per heavy atom. The average Bonchev–Trinajstić information content (AvgIpc) is 3.24. The maximum atomic E-state index is 13.6. The number of carbonyl (C=O) groups is 1. The van der Waals surface area contributed by atoms with E-state index in [9.17, 15) is 18.0 Å². The molecule has 196 valence electrons. The van der Waals surface area contributed by atoms with Crippen LogP contribution < -0.4 is 5.32 Å². The number of aryl methyl sites for hydroxylation is 1. The lowest BCUT2D eigenvalue weighted by Crippen LogP contribution is -2.27. The number of hydrogen-bond donors (Lipinski definition) is 1. The topological polar surface area (TPSA) is 59.3 Å². The summed E-state index contributed by atoms with van der Waals surface area (Å²) in [5, 5.41) is 7.41. The smallest absolute Gasteiger partial charge is 0.325 e. The number of carbonyl (C=O) groups excluding carboxylic acids is 1. The molecule has 0 aliphatic carbocycles. The molecule has 2 heterocycles. The zero-order valence-electron chi connectivity index (χ0n) is 22.3. The van der Waals surface area contributed by atoms with Crippen molar-refractivity contribution in [1.29, 1.82) is 0 Å². The molecule has 0 saturated carbocycles. The third-order valence-electron chi connectivity index (χ3n) is 6.09. The second-order valence-electron chi connectivity index (χ2n) is 10.1. The Kier molecular flexibility index (Phi) is 8.10. The summed E-state index contributed by atoms with van der Waals surface area (Å²) in [4.78, 5) is 17.1. The first-order valence-corrected chi connectivity index (χ1v) is 12.1. The summed E-state index contributed by atoms with van der Waals surface area (Å²) in [6.07, 6.45) is 2.85. The van der Waals surface area contributed by atoms with E-state index in [-0.39, 0.29) is 17.2 Å².